The van der Waals surface area contributed by atoms with Gasteiger partial charge in [-0.25, -0.2) is 0 Å². The Labute approximate surface area is 207 Å². The van der Waals surface area contributed by atoms with E-state index in [1.165, 1.54) is 25.7 Å². The number of unbranched alkanes of at least 4 members (excludes halogenated alkanes) is 5. The lowest BCUT2D eigenvalue weighted by Gasteiger charge is -2.23. The summed E-state index contributed by atoms with van der Waals surface area (Å²) in [4.78, 5) is 13.9. The van der Waals surface area contributed by atoms with Gasteiger partial charge in [-0.15, -0.1) is 10.2 Å². The third kappa shape index (κ3) is 6.95. The van der Waals surface area contributed by atoms with Gasteiger partial charge in [-0.1, -0.05) is 71.4 Å². The van der Waals surface area contributed by atoms with Crippen LogP contribution in [-0.4, -0.2) is 32.7 Å². The zero-order valence-corrected chi connectivity index (χ0v) is 21.5. The number of carbonyl (C=O) groups excluding carboxylic acids is 1. The fraction of sp³-hybridized carbons (Fsp3) is 0.519. The van der Waals surface area contributed by atoms with Crippen LogP contribution >= 0.6 is 11.6 Å². The maximum atomic E-state index is 12.3. The van der Waals surface area contributed by atoms with Crippen LogP contribution in [0.3, 0.4) is 0 Å². The number of nitrogens with zero attached hydrogens (tertiary/aromatic N) is 3. The van der Waals surface area contributed by atoms with Crippen LogP contribution in [-0.2, 0) is 21.4 Å². The minimum absolute atomic E-state index is 0.208. The van der Waals surface area contributed by atoms with Crippen molar-refractivity contribution in [2.75, 3.05) is 6.61 Å². The number of esters is 1. The highest BCUT2D eigenvalue weighted by Gasteiger charge is 2.23. The first-order valence-corrected chi connectivity index (χ1v) is 12.6. The molecule has 184 valence electrons. The molecule has 1 heterocycles. The average molecular weight is 486 g/mol. The number of rotatable bonds is 11. The van der Waals surface area contributed by atoms with Crippen molar-refractivity contribution in [1.29, 1.82) is 0 Å². The summed E-state index contributed by atoms with van der Waals surface area (Å²) in [6.07, 6.45) is 7.48. The summed E-state index contributed by atoms with van der Waals surface area (Å²) in [5.74, 6) is -0.0343. The van der Waals surface area contributed by atoms with Gasteiger partial charge in [0.2, 0.25) is 0 Å². The first-order chi connectivity index (χ1) is 16.2. The van der Waals surface area contributed by atoms with Gasteiger partial charge in [0, 0.05) is 17.0 Å². The number of hydrogen-bond acceptors (Lipinski definition) is 5. The summed E-state index contributed by atoms with van der Waals surface area (Å²) < 4.78 is 5.41. The Morgan fingerprint density at radius 2 is 1.74 bits per heavy atom. The number of carbonyl (C=O) groups is 1. The number of phenolic OH excluding ortho intramolecular Hbond substituents is 1. The second kappa shape index (κ2) is 11.7. The van der Waals surface area contributed by atoms with Gasteiger partial charge in [0.05, 0.1) is 12.3 Å². The second-order valence-corrected chi connectivity index (χ2v) is 10.3. The third-order valence-corrected chi connectivity index (χ3v) is 6.15. The molecule has 3 aromatic rings. The van der Waals surface area contributed by atoms with Crippen LogP contribution in [0.5, 0.6) is 5.75 Å². The molecule has 3 rings (SSSR count). The predicted octanol–water partition coefficient (Wildman–Crippen LogP) is 6.91. The zero-order valence-electron chi connectivity index (χ0n) is 20.7. The van der Waals surface area contributed by atoms with Crippen LogP contribution in [0.15, 0.2) is 30.3 Å². The van der Waals surface area contributed by atoms with Crippen molar-refractivity contribution in [3.8, 4) is 11.4 Å². The lowest BCUT2D eigenvalue weighted by Crippen LogP contribution is -2.14. The highest BCUT2D eigenvalue weighted by Crippen LogP contribution is 2.36. The molecule has 2 aromatic carbocycles. The van der Waals surface area contributed by atoms with E-state index in [1.54, 1.807) is 16.9 Å². The van der Waals surface area contributed by atoms with E-state index in [4.69, 9.17) is 16.3 Å². The number of phenols is 1. The molecule has 0 fully saturated rings. The van der Waals surface area contributed by atoms with Gasteiger partial charge >= 0.3 is 5.97 Å². The highest BCUT2D eigenvalue weighted by molar-refractivity contribution is 6.31. The van der Waals surface area contributed by atoms with E-state index >= 15 is 0 Å². The van der Waals surface area contributed by atoms with Crippen molar-refractivity contribution < 1.29 is 14.6 Å². The average Bonchev–Trinajstić information content (AvgIpc) is 3.20. The summed E-state index contributed by atoms with van der Waals surface area (Å²) >= 11 is 6.10. The van der Waals surface area contributed by atoms with Gasteiger partial charge < -0.3 is 9.84 Å². The molecule has 1 N–H and O–H groups in total. The maximum absolute atomic E-state index is 12.3. The van der Waals surface area contributed by atoms with E-state index < -0.39 is 0 Å². The van der Waals surface area contributed by atoms with Gasteiger partial charge in [0.1, 0.15) is 16.8 Å². The van der Waals surface area contributed by atoms with Gasteiger partial charge in [0.25, 0.3) is 0 Å². The molecule has 0 saturated carbocycles. The first-order valence-electron chi connectivity index (χ1n) is 12.2. The Kier molecular flexibility index (Phi) is 8.95. The molecule has 0 aliphatic heterocycles. The van der Waals surface area contributed by atoms with Crippen molar-refractivity contribution in [2.24, 2.45) is 0 Å². The second-order valence-electron chi connectivity index (χ2n) is 9.86. The Bertz CT molecular complexity index is 1120. The SMILES string of the molecule is CCCCCCCCOC(=O)CCc1cc(-n2nc3ccc(Cl)cc3n2)cc(C(C)(C)C)c1O. The van der Waals surface area contributed by atoms with E-state index in [2.05, 4.69) is 17.1 Å². The van der Waals surface area contributed by atoms with Crippen LogP contribution in [0.1, 0.15) is 83.8 Å². The number of fused-ring (bicyclic) bond motifs is 1. The molecule has 0 saturated heterocycles. The largest absolute Gasteiger partial charge is 0.507 e. The maximum Gasteiger partial charge on any atom is 0.306 e. The first kappa shape index (κ1) is 26.0. The van der Waals surface area contributed by atoms with Crippen LogP contribution < -0.4 is 0 Å². The molecule has 1 aromatic heterocycles. The minimum Gasteiger partial charge on any atom is -0.507 e. The van der Waals surface area contributed by atoms with Gasteiger partial charge in [0.15, 0.2) is 0 Å². The molecule has 0 aliphatic rings. The van der Waals surface area contributed by atoms with Gasteiger partial charge in [-0.3, -0.25) is 4.79 Å². The van der Waals surface area contributed by atoms with E-state index in [9.17, 15) is 9.90 Å². The topological polar surface area (TPSA) is 77.2 Å². The summed E-state index contributed by atoms with van der Waals surface area (Å²) in [6.45, 7) is 8.77. The Hall–Kier alpha value is -2.60. The van der Waals surface area contributed by atoms with Crippen LogP contribution in [0.25, 0.3) is 16.7 Å². The number of halogens is 1. The Morgan fingerprint density at radius 3 is 2.47 bits per heavy atom. The Balaban J connectivity index is 1.72. The van der Waals surface area contributed by atoms with E-state index in [1.807, 2.05) is 39.0 Å². The lowest BCUT2D eigenvalue weighted by atomic mass is 9.84. The lowest BCUT2D eigenvalue weighted by molar-refractivity contribution is -0.143. The van der Waals surface area contributed by atoms with Crippen LogP contribution in [0.2, 0.25) is 5.02 Å². The third-order valence-electron chi connectivity index (χ3n) is 5.91. The van der Waals surface area contributed by atoms with Gasteiger partial charge in [-0.2, -0.15) is 4.80 Å². The van der Waals surface area contributed by atoms with E-state index in [-0.39, 0.29) is 23.6 Å². The number of ether oxygens (including phenoxy) is 1. The summed E-state index contributed by atoms with van der Waals surface area (Å²) in [7, 11) is 0. The molecular weight excluding hydrogens is 450 g/mol. The number of benzene rings is 2. The number of hydrogen-bond donors (Lipinski definition) is 1. The standard InChI is InChI=1S/C27H36ClN3O3/c1-5-6-7-8-9-10-15-34-25(32)14-11-19-16-21(18-22(26(19)33)27(2,3)4)31-29-23-13-12-20(28)17-24(23)30-31/h12-13,16-18,33H,5-11,14-15H2,1-4H3. The molecule has 0 atom stereocenters. The molecule has 0 amide bonds. The zero-order chi connectivity index (χ0) is 24.7. The molecule has 0 aliphatic carbocycles. The summed E-state index contributed by atoms with van der Waals surface area (Å²) in [5.41, 5.74) is 3.30. The van der Waals surface area contributed by atoms with Gasteiger partial charge in [-0.05, 0) is 54.2 Å². The number of aromatic hydroxyl groups is 1. The normalized spacial score (nSPS) is 11.8. The summed E-state index contributed by atoms with van der Waals surface area (Å²) in [6, 6.07) is 9.12. The van der Waals surface area contributed by atoms with E-state index in [0.29, 0.717) is 29.1 Å². The highest BCUT2D eigenvalue weighted by atomic mass is 35.5. The van der Waals surface area contributed by atoms with Crippen molar-refractivity contribution in [3.05, 3.63) is 46.5 Å². The molecule has 34 heavy (non-hydrogen) atoms. The van der Waals surface area contributed by atoms with Crippen molar-refractivity contribution >= 4 is 28.6 Å². The molecular formula is C27H36ClN3O3. The van der Waals surface area contributed by atoms with Crippen molar-refractivity contribution in [3.63, 3.8) is 0 Å². The fourth-order valence-electron chi connectivity index (χ4n) is 3.94. The minimum atomic E-state index is -0.303. The number of aryl methyl sites for hydroxylation is 1. The molecule has 0 bridgehead atoms. The van der Waals surface area contributed by atoms with Crippen molar-refractivity contribution in [2.45, 2.75) is 84.5 Å². The smallest absolute Gasteiger partial charge is 0.306 e. The van der Waals surface area contributed by atoms with Crippen LogP contribution in [0, 0.1) is 0 Å². The van der Waals surface area contributed by atoms with Crippen molar-refractivity contribution in [1.82, 2.24) is 15.0 Å². The van der Waals surface area contributed by atoms with E-state index in [0.717, 1.165) is 29.6 Å². The summed E-state index contributed by atoms with van der Waals surface area (Å²) in [5, 5.41) is 20.7. The molecule has 0 spiro atoms. The Morgan fingerprint density at radius 1 is 1.03 bits per heavy atom. The quantitative estimate of drug-likeness (QED) is 0.236. The fourth-order valence-corrected chi connectivity index (χ4v) is 4.10. The van der Waals surface area contributed by atoms with Crippen LogP contribution in [0.4, 0.5) is 0 Å². The molecule has 6 nitrogen and oxygen atoms in total. The molecule has 0 unspecified atom stereocenters. The molecule has 7 heteroatoms. The number of aromatic nitrogens is 3. The predicted molar refractivity (Wildman–Crippen MR) is 137 cm³/mol. The monoisotopic (exact) mass is 485 g/mol. The molecule has 0 radical (unpaired) electrons.